The van der Waals surface area contributed by atoms with Crippen LogP contribution in [0.25, 0.3) is 0 Å². The summed E-state index contributed by atoms with van der Waals surface area (Å²) in [6.07, 6.45) is 5.67. The molecule has 4 nitrogen and oxygen atoms in total. The summed E-state index contributed by atoms with van der Waals surface area (Å²) >= 11 is 0. The van der Waals surface area contributed by atoms with E-state index in [-0.39, 0.29) is 12.2 Å². The first-order valence-electron chi connectivity index (χ1n) is 9.42. The van der Waals surface area contributed by atoms with Crippen LogP contribution in [0.1, 0.15) is 49.8 Å². The molecule has 0 N–H and O–H groups in total. The molecule has 0 aliphatic carbocycles. The van der Waals surface area contributed by atoms with Crippen molar-refractivity contribution in [3.63, 3.8) is 0 Å². The Morgan fingerprint density at radius 1 is 1.04 bits per heavy atom. The summed E-state index contributed by atoms with van der Waals surface area (Å²) in [5.41, 5.74) is 3.22. The van der Waals surface area contributed by atoms with Gasteiger partial charge in [-0.3, -0.25) is 4.90 Å². The maximum Gasteiger partial charge on any atom is 0.415 e. The van der Waals surface area contributed by atoms with Crippen molar-refractivity contribution >= 4 is 11.8 Å². The zero-order valence-corrected chi connectivity index (χ0v) is 15.6. The van der Waals surface area contributed by atoms with Crippen LogP contribution in [0.5, 0.6) is 5.75 Å². The molecule has 2 aromatic carbocycles. The Labute approximate surface area is 155 Å². The number of benzene rings is 2. The molecule has 1 atom stereocenters. The lowest BCUT2D eigenvalue weighted by atomic mass is 10.0. The zero-order chi connectivity index (χ0) is 18.4. The molecule has 2 aromatic rings. The largest absolute Gasteiger partial charge is 0.497 e. The van der Waals surface area contributed by atoms with Gasteiger partial charge in [0, 0.05) is 5.69 Å². The lowest BCUT2D eigenvalue weighted by molar-refractivity contribution is 0.142. The van der Waals surface area contributed by atoms with Crippen molar-refractivity contribution in [2.45, 2.75) is 45.1 Å². The lowest BCUT2D eigenvalue weighted by Gasteiger charge is -2.13. The minimum atomic E-state index is -0.302. The normalized spacial score (nSPS) is 16.6. The van der Waals surface area contributed by atoms with Gasteiger partial charge in [0.2, 0.25) is 0 Å². The van der Waals surface area contributed by atoms with Crippen LogP contribution in [0.15, 0.2) is 48.5 Å². The van der Waals surface area contributed by atoms with E-state index < -0.39 is 0 Å². The number of nitrogens with zero attached hydrogens (tertiary/aromatic N) is 1. The van der Waals surface area contributed by atoms with Gasteiger partial charge in [-0.1, -0.05) is 50.5 Å². The summed E-state index contributed by atoms with van der Waals surface area (Å²) in [7, 11) is 1.63. The van der Waals surface area contributed by atoms with Crippen LogP contribution in [-0.2, 0) is 11.2 Å². The van der Waals surface area contributed by atoms with E-state index >= 15 is 0 Å². The Hall–Kier alpha value is -2.49. The van der Waals surface area contributed by atoms with Gasteiger partial charge >= 0.3 is 6.09 Å². The molecule has 26 heavy (non-hydrogen) atoms. The molecular weight excluding hydrogens is 326 g/mol. The van der Waals surface area contributed by atoms with Crippen molar-refractivity contribution in [1.29, 1.82) is 0 Å². The van der Waals surface area contributed by atoms with E-state index in [4.69, 9.17) is 9.47 Å². The van der Waals surface area contributed by atoms with Gasteiger partial charge in [-0.05, 0) is 48.2 Å². The van der Waals surface area contributed by atoms with Gasteiger partial charge in [-0.2, -0.15) is 0 Å². The van der Waals surface area contributed by atoms with Crippen molar-refractivity contribution < 1.29 is 14.3 Å². The number of carbonyl (C=O) groups is 1. The monoisotopic (exact) mass is 353 g/mol. The molecular formula is C22H27NO3. The lowest BCUT2D eigenvalue weighted by Crippen LogP contribution is -2.23. The highest BCUT2D eigenvalue weighted by molar-refractivity contribution is 5.89. The molecule has 0 bridgehead atoms. The van der Waals surface area contributed by atoms with E-state index in [0.717, 1.165) is 23.4 Å². The molecule has 138 valence electrons. The Bertz CT molecular complexity index is 709. The fourth-order valence-corrected chi connectivity index (χ4v) is 3.26. The second-order valence-electron chi connectivity index (χ2n) is 6.73. The maximum atomic E-state index is 12.3. The molecule has 1 fully saturated rings. The number of methoxy groups -OCH3 is 1. The molecule has 1 saturated heterocycles. The van der Waals surface area contributed by atoms with Gasteiger partial charge in [-0.15, -0.1) is 0 Å². The minimum Gasteiger partial charge on any atom is -0.497 e. The number of rotatable bonds is 8. The number of cyclic esters (lactones) is 1. The second kappa shape index (κ2) is 8.75. The fraction of sp³-hybridized carbons (Fsp3) is 0.409. The fourth-order valence-electron chi connectivity index (χ4n) is 3.26. The van der Waals surface area contributed by atoms with Crippen LogP contribution in [0.4, 0.5) is 10.5 Å². The molecule has 0 spiro atoms. The molecule has 1 heterocycles. The third kappa shape index (κ3) is 4.37. The number of amides is 1. The van der Waals surface area contributed by atoms with Crippen molar-refractivity contribution in [2.24, 2.45) is 0 Å². The number of unbranched alkanes of at least 4 members (excludes halogenated alkanes) is 3. The summed E-state index contributed by atoms with van der Waals surface area (Å²) in [5.74, 6) is 0.771. The van der Waals surface area contributed by atoms with E-state index in [9.17, 15) is 4.79 Å². The predicted octanol–water partition coefficient (Wildman–Crippen LogP) is 5.52. The quantitative estimate of drug-likeness (QED) is 0.587. The summed E-state index contributed by atoms with van der Waals surface area (Å²) in [5, 5.41) is 0. The first-order chi connectivity index (χ1) is 12.7. The Morgan fingerprint density at radius 3 is 2.42 bits per heavy atom. The standard InChI is InChI=1S/C22H27NO3/c1-3-4-5-6-7-17-8-10-18(11-9-17)21-16-23(22(24)26-21)19-12-14-20(25-2)15-13-19/h8-15,21H,3-7,16H2,1-2H3. The Kier molecular flexibility index (Phi) is 6.16. The smallest absolute Gasteiger partial charge is 0.415 e. The highest BCUT2D eigenvalue weighted by Gasteiger charge is 2.33. The summed E-state index contributed by atoms with van der Waals surface area (Å²) < 4.78 is 10.7. The van der Waals surface area contributed by atoms with Gasteiger partial charge < -0.3 is 9.47 Å². The zero-order valence-electron chi connectivity index (χ0n) is 15.6. The van der Waals surface area contributed by atoms with Crippen molar-refractivity contribution in [3.05, 3.63) is 59.7 Å². The van der Waals surface area contributed by atoms with Crippen molar-refractivity contribution in [1.82, 2.24) is 0 Å². The van der Waals surface area contributed by atoms with E-state index in [0.29, 0.717) is 6.54 Å². The minimum absolute atomic E-state index is 0.223. The Morgan fingerprint density at radius 2 is 1.77 bits per heavy atom. The predicted molar refractivity (Wildman–Crippen MR) is 104 cm³/mol. The summed E-state index contributed by atoms with van der Waals surface area (Å²) in [6.45, 7) is 2.76. The second-order valence-corrected chi connectivity index (χ2v) is 6.73. The van der Waals surface area contributed by atoms with E-state index in [1.54, 1.807) is 12.0 Å². The van der Waals surface area contributed by atoms with Crippen molar-refractivity contribution in [2.75, 3.05) is 18.6 Å². The van der Waals surface area contributed by atoms with Crippen LogP contribution in [0.2, 0.25) is 0 Å². The first-order valence-corrected chi connectivity index (χ1v) is 9.42. The highest BCUT2D eigenvalue weighted by Crippen LogP contribution is 2.31. The third-order valence-corrected chi connectivity index (χ3v) is 4.87. The highest BCUT2D eigenvalue weighted by atomic mass is 16.6. The molecule has 0 saturated carbocycles. The number of ether oxygens (including phenoxy) is 2. The third-order valence-electron chi connectivity index (χ3n) is 4.87. The van der Waals surface area contributed by atoms with Gasteiger partial charge in [0.1, 0.15) is 11.9 Å². The summed E-state index contributed by atoms with van der Waals surface area (Å²) in [6, 6.07) is 15.9. The van der Waals surface area contributed by atoms with Crippen LogP contribution in [-0.4, -0.2) is 19.7 Å². The van der Waals surface area contributed by atoms with Gasteiger partial charge in [0.15, 0.2) is 0 Å². The number of carbonyl (C=O) groups excluding carboxylic acids is 1. The van der Waals surface area contributed by atoms with Crippen LogP contribution in [0.3, 0.4) is 0 Å². The molecule has 1 amide bonds. The number of hydrogen-bond donors (Lipinski definition) is 0. The van der Waals surface area contributed by atoms with E-state index in [1.165, 1.54) is 31.2 Å². The molecule has 4 heteroatoms. The molecule has 3 rings (SSSR count). The van der Waals surface area contributed by atoms with Crippen LogP contribution < -0.4 is 9.64 Å². The van der Waals surface area contributed by atoms with Gasteiger partial charge in [-0.25, -0.2) is 4.79 Å². The van der Waals surface area contributed by atoms with Gasteiger partial charge in [0.05, 0.1) is 13.7 Å². The number of anilines is 1. The maximum absolute atomic E-state index is 12.3. The summed E-state index contributed by atoms with van der Waals surface area (Å²) in [4.78, 5) is 13.9. The van der Waals surface area contributed by atoms with Crippen LogP contribution in [0, 0.1) is 0 Å². The molecule has 1 aliphatic rings. The average molecular weight is 353 g/mol. The molecule has 1 unspecified atom stereocenters. The number of hydrogen-bond acceptors (Lipinski definition) is 3. The van der Waals surface area contributed by atoms with Crippen molar-refractivity contribution in [3.8, 4) is 5.75 Å². The SMILES string of the molecule is CCCCCCc1ccc(C2CN(c3ccc(OC)cc3)C(=O)O2)cc1. The average Bonchev–Trinajstić information content (AvgIpc) is 3.07. The molecule has 1 aliphatic heterocycles. The van der Waals surface area contributed by atoms with Gasteiger partial charge in [0.25, 0.3) is 0 Å². The number of aryl methyl sites for hydroxylation is 1. The van der Waals surface area contributed by atoms with E-state index in [2.05, 4.69) is 31.2 Å². The first kappa shape index (κ1) is 18.3. The molecule has 0 radical (unpaired) electrons. The van der Waals surface area contributed by atoms with E-state index in [1.807, 2.05) is 24.3 Å². The molecule has 0 aromatic heterocycles. The van der Waals surface area contributed by atoms with Crippen LogP contribution >= 0.6 is 0 Å². The Balaban J connectivity index is 1.60. The topological polar surface area (TPSA) is 38.8 Å².